The summed E-state index contributed by atoms with van der Waals surface area (Å²) in [5.74, 6) is 0. The summed E-state index contributed by atoms with van der Waals surface area (Å²) in [5.41, 5.74) is 27.1. The van der Waals surface area contributed by atoms with Gasteiger partial charge in [-0.15, -0.1) is 0 Å². The minimum Gasteiger partial charge on any atom is -0.389 e. The highest BCUT2D eigenvalue weighted by Crippen LogP contribution is 2.50. The second kappa shape index (κ2) is 13.2. The second-order valence-corrected chi connectivity index (χ2v) is 21.6. The zero-order chi connectivity index (χ0) is 36.5. The summed E-state index contributed by atoms with van der Waals surface area (Å²) >= 11 is 0. The summed E-state index contributed by atoms with van der Waals surface area (Å²) in [6, 6.07) is 23.9. The highest BCUT2D eigenvalue weighted by molar-refractivity contribution is 7.47. The Hall–Kier alpha value is -4.07. The summed E-state index contributed by atoms with van der Waals surface area (Å²) in [6.45, 7) is 34.4. The predicted octanol–water partition coefficient (Wildman–Crippen LogP) is 11.9. The topological polar surface area (TPSA) is 9.49 Å². The third kappa shape index (κ3) is 6.24. The van der Waals surface area contributed by atoms with Crippen molar-refractivity contribution in [2.75, 3.05) is 13.4 Å². The third-order valence-electron chi connectivity index (χ3n) is 10.3. The Kier molecular flexibility index (Phi) is 9.47. The fraction of sp³-hybridized carbons (Fsp3) is 0.333. The molecule has 1 saturated heterocycles. The van der Waals surface area contributed by atoms with Gasteiger partial charge < -0.3 is 13.4 Å². The summed E-state index contributed by atoms with van der Waals surface area (Å²) in [6.07, 6.45) is 0. The van der Waals surface area contributed by atoms with Gasteiger partial charge in [0.25, 0.3) is 0 Å². The van der Waals surface area contributed by atoms with Gasteiger partial charge in [0.2, 0.25) is 0 Å². The SMILES string of the molecule is Cc1cc(C)c(N(c2c(C)cc(C)cc2C)[Si]2N(c3c(C)cc(C)cc3C)[Si]2N(c2c(C)cc(C)cc2C)c2c(C)cc(C)cc2C)c(C)c1. The molecular weight excluding hydrogens is 639 g/mol. The zero-order valence-corrected chi connectivity index (χ0v) is 35.1. The van der Waals surface area contributed by atoms with E-state index in [-0.39, 0.29) is 0 Å². The van der Waals surface area contributed by atoms with Gasteiger partial charge in [-0.2, -0.15) is 0 Å². The number of benzene rings is 5. The molecule has 258 valence electrons. The van der Waals surface area contributed by atoms with Gasteiger partial charge in [0.15, 0.2) is 0 Å². The molecule has 0 aliphatic carbocycles. The molecule has 1 aliphatic rings. The molecule has 50 heavy (non-hydrogen) atoms. The van der Waals surface area contributed by atoms with Crippen molar-refractivity contribution in [1.29, 1.82) is 0 Å². The van der Waals surface area contributed by atoms with Crippen LogP contribution in [0.2, 0.25) is 0 Å². The summed E-state index contributed by atoms with van der Waals surface area (Å²) in [7, 11) is -2.82. The molecule has 0 unspecified atom stereocenters. The van der Waals surface area contributed by atoms with Crippen LogP contribution >= 0.6 is 0 Å². The van der Waals surface area contributed by atoms with E-state index in [9.17, 15) is 0 Å². The fourth-order valence-electron chi connectivity index (χ4n) is 9.03. The fourth-order valence-corrected chi connectivity index (χ4v) is 19.1. The van der Waals surface area contributed by atoms with Crippen LogP contribution in [0.5, 0.6) is 0 Å². The number of hydrogen-bond donors (Lipinski definition) is 0. The average Bonchev–Trinajstić information content (AvgIpc) is 3.66. The lowest BCUT2D eigenvalue weighted by Gasteiger charge is -2.33. The molecule has 1 fully saturated rings. The van der Waals surface area contributed by atoms with Crippen LogP contribution in [-0.4, -0.2) is 17.3 Å². The molecule has 0 amide bonds. The maximum absolute atomic E-state index is 2.92. The summed E-state index contributed by atoms with van der Waals surface area (Å²) in [5, 5.41) is 0. The third-order valence-corrected chi connectivity index (χ3v) is 17.8. The van der Waals surface area contributed by atoms with Gasteiger partial charge >= 0.3 is 17.3 Å². The number of rotatable bonds is 7. The van der Waals surface area contributed by atoms with Crippen molar-refractivity contribution in [2.45, 2.75) is 104 Å². The maximum Gasteiger partial charge on any atom is 0.329 e. The molecule has 0 N–H and O–H groups in total. The van der Waals surface area contributed by atoms with Crippen LogP contribution in [0.4, 0.5) is 28.4 Å². The zero-order valence-electron chi connectivity index (χ0n) is 33.1. The summed E-state index contributed by atoms with van der Waals surface area (Å²) < 4.78 is 8.64. The predicted molar refractivity (Wildman–Crippen MR) is 222 cm³/mol. The van der Waals surface area contributed by atoms with Crippen LogP contribution in [0.3, 0.4) is 0 Å². The molecular formula is C45H55N3Si2. The van der Waals surface area contributed by atoms with E-state index in [0.29, 0.717) is 0 Å². The molecule has 1 aliphatic heterocycles. The van der Waals surface area contributed by atoms with Gasteiger partial charge in [0, 0.05) is 28.4 Å². The van der Waals surface area contributed by atoms with Crippen molar-refractivity contribution in [1.82, 2.24) is 0 Å². The van der Waals surface area contributed by atoms with Crippen molar-refractivity contribution < 1.29 is 0 Å². The van der Waals surface area contributed by atoms with Gasteiger partial charge in [-0.3, -0.25) is 0 Å². The number of aryl methyl sites for hydroxylation is 15. The molecule has 6 rings (SSSR count). The first kappa shape index (κ1) is 35.7. The van der Waals surface area contributed by atoms with Crippen LogP contribution in [0, 0.1) is 104 Å². The van der Waals surface area contributed by atoms with E-state index in [1.54, 1.807) is 0 Å². The highest BCUT2D eigenvalue weighted by Gasteiger charge is 2.65. The van der Waals surface area contributed by atoms with Gasteiger partial charge in [-0.1, -0.05) is 88.5 Å². The van der Waals surface area contributed by atoms with Crippen molar-refractivity contribution in [3.05, 3.63) is 144 Å². The van der Waals surface area contributed by atoms with E-state index < -0.39 is 17.3 Å². The highest BCUT2D eigenvalue weighted by atomic mass is 29.3. The van der Waals surface area contributed by atoms with E-state index in [0.717, 1.165) is 0 Å². The Labute approximate surface area is 305 Å². The Morgan fingerprint density at radius 2 is 0.480 bits per heavy atom. The maximum atomic E-state index is 2.92. The van der Waals surface area contributed by atoms with E-state index in [1.165, 1.54) is 112 Å². The summed E-state index contributed by atoms with van der Waals surface area (Å²) in [4.78, 5) is 0. The van der Waals surface area contributed by atoms with Crippen molar-refractivity contribution >= 4 is 45.7 Å². The number of nitrogens with zero attached hydrogens (tertiary/aromatic N) is 3. The molecule has 3 nitrogen and oxygen atoms in total. The lowest BCUT2D eigenvalue weighted by atomic mass is 10.0. The molecule has 0 aromatic heterocycles. The van der Waals surface area contributed by atoms with E-state index >= 15 is 0 Å². The van der Waals surface area contributed by atoms with Crippen LogP contribution in [0.1, 0.15) is 83.5 Å². The second-order valence-electron chi connectivity index (χ2n) is 15.4. The first-order chi connectivity index (χ1) is 23.5. The molecule has 5 aromatic carbocycles. The van der Waals surface area contributed by atoms with Crippen molar-refractivity contribution in [3.8, 4) is 0 Å². The Bertz CT molecular complexity index is 1810. The van der Waals surface area contributed by atoms with Crippen molar-refractivity contribution in [3.63, 3.8) is 0 Å². The molecule has 0 bridgehead atoms. The average molecular weight is 694 g/mol. The van der Waals surface area contributed by atoms with E-state index in [2.05, 4.69) is 178 Å². The molecule has 0 spiro atoms. The molecule has 5 heteroatoms. The minimum absolute atomic E-state index is 1.32. The Morgan fingerprint density at radius 3 is 0.680 bits per heavy atom. The number of anilines is 5. The van der Waals surface area contributed by atoms with E-state index in [4.69, 9.17) is 0 Å². The molecule has 1 heterocycles. The van der Waals surface area contributed by atoms with Gasteiger partial charge in [0.1, 0.15) is 0 Å². The quantitative estimate of drug-likeness (QED) is 0.124. The Morgan fingerprint density at radius 1 is 0.300 bits per heavy atom. The number of hydrogen-bond acceptors (Lipinski definition) is 3. The first-order valence-electron chi connectivity index (χ1n) is 18.0. The van der Waals surface area contributed by atoms with Crippen molar-refractivity contribution in [2.24, 2.45) is 0 Å². The smallest absolute Gasteiger partial charge is 0.329 e. The van der Waals surface area contributed by atoms with Crippen LogP contribution in [0.25, 0.3) is 0 Å². The standard InChI is InChI=1S/C45H55N3Si2/c1-26-16-31(6)41(32(7)17-26)46(42-33(8)18-27(2)19-34(42)9)49-48(45-39(14)24-30(5)25-40(45)15)50(49)47(43-35(10)20-28(3)21-36(43)11)44-37(12)22-29(4)23-38(44)13/h16-25H,1-15H3. The first-order valence-corrected chi connectivity index (χ1v) is 21.8. The lowest BCUT2D eigenvalue weighted by Crippen LogP contribution is -2.39. The minimum atomic E-state index is -1.41. The van der Waals surface area contributed by atoms with Gasteiger partial charge in [-0.25, -0.2) is 0 Å². The van der Waals surface area contributed by atoms with E-state index in [1.807, 2.05) is 0 Å². The molecule has 2 radical (unpaired) electrons. The molecule has 0 saturated carbocycles. The monoisotopic (exact) mass is 693 g/mol. The lowest BCUT2D eigenvalue weighted by molar-refractivity contribution is 1.21. The molecule has 0 atom stereocenters. The Balaban J connectivity index is 1.75. The normalized spacial score (nSPS) is 13.3. The van der Waals surface area contributed by atoms with Gasteiger partial charge in [0.05, 0.1) is 0 Å². The van der Waals surface area contributed by atoms with Crippen LogP contribution in [-0.2, 0) is 0 Å². The largest absolute Gasteiger partial charge is 0.389 e. The van der Waals surface area contributed by atoms with Gasteiger partial charge in [-0.05, 0) is 159 Å². The van der Waals surface area contributed by atoms with Crippen LogP contribution in [0.15, 0.2) is 60.7 Å². The molecule has 5 aromatic rings. The van der Waals surface area contributed by atoms with Crippen LogP contribution < -0.4 is 13.4 Å².